The van der Waals surface area contributed by atoms with Crippen LogP contribution in [0.25, 0.3) is 0 Å². The van der Waals surface area contributed by atoms with Crippen molar-refractivity contribution in [2.24, 2.45) is 5.41 Å². The van der Waals surface area contributed by atoms with Crippen molar-refractivity contribution in [3.63, 3.8) is 0 Å². The number of amides is 2. The molecule has 26 heavy (non-hydrogen) atoms. The molecule has 7 heteroatoms. The van der Waals surface area contributed by atoms with Crippen molar-refractivity contribution in [1.82, 2.24) is 25.2 Å². The molecule has 0 bridgehead atoms. The monoisotopic (exact) mass is 363 g/mol. The number of nitrogens with zero attached hydrogens (tertiary/aromatic N) is 4. The highest BCUT2D eigenvalue weighted by Crippen LogP contribution is 2.28. The zero-order valence-electron chi connectivity index (χ0n) is 16.8. The van der Waals surface area contributed by atoms with E-state index in [1.54, 1.807) is 11.1 Å². The fourth-order valence-electron chi connectivity index (χ4n) is 3.47. The summed E-state index contributed by atoms with van der Waals surface area (Å²) in [5, 5.41) is 11.4. The summed E-state index contributed by atoms with van der Waals surface area (Å²) in [5.74, 6) is 0.0678. The van der Waals surface area contributed by atoms with E-state index in [0.717, 1.165) is 25.7 Å². The largest absolute Gasteiger partial charge is 0.353 e. The average Bonchev–Trinajstić information content (AvgIpc) is 3.04. The summed E-state index contributed by atoms with van der Waals surface area (Å²) in [4.78, 5) is 26.2. The number of rotatable bonds is 6. The normalized spacial score (nSPS) is 20.7. The van der Waals surface area contributed by atoms with Gasteiger partial charge in [0.1, 0.15) is 0 Å². The Labute approximate surface area is 156 Å². The molecule has 146 valence electrons. The molecule has 0 spiro atoms. The van der Waals surface area contributed by atoms with Crippen molar-refractivity contribution in [3.8, 4) is 0 Å². The number of carbonyl (C=O) groups excluding carboxylic acids is 2. The Balaban J connectivity index is 1.87. The van der Waals surface area contributed by atoms with Crippen molar-refractivity contribution < 1.29 is 9.59 Å². The maximum Gasteiger partial charge on any atom is 0.276 e. The second-order valence-corrected chi connectivity index (χ2v) is 8.37. The molecule has 1 heterocycles. The lowest BCUT2D eigenvalue weighted by Gasteiger charge is -2.29. The molecule has 1 saturated carbocycles. The van der Waals surface area contributed by atoms with Crippen LogP contribution in [0.3, 0.4) is 0 Å². The topological polar surface area (TPSA) is 80.1 Å². The third-order valence-electron chi connectivity index (χ3n) is 4.91. The van der Waals surface area contributed by atoms with Crippen LogP contribution in [0.2, 0.25) is 0 Å². The molecule has 0 aromatic carbocycles. The van der Waals surface area contributed by atoms with E-state index in [1.807, 2.05) is 18.5 Å². The van der Waals surface area contributed by atoms with Crippen LogP contribution >= 0.6 is 0 Å². The van der Waals surface area contributed by atoms with Gasteiger partial charge in [-0.2, -0.15) is 0 Å². The van der Waals surface area contributed by atoms with Gasteiger partial charge in [-0.15, -0.1) is 5.10 Å². The van der Waals surface area contributed by atoms with Crippen molar-refractivity contribution >= 4 is 11.8 Å². The van der Waals surface area contributed by atoms with Crippen molar-refractivity contribution in [2.75, 3.05) is 13.1 Å². The number of carbonyl (C=O) groups is 2. The fourth-order valence-corrected chi connectivity index (χ4v) is 3.47. The van der Waals surface area contributed by atoms with Crippen LogP contribution in [-0.4, -0.2) is 50.8 Å². The van der Waals surface area contributed by atoms with E-state index in [4.69, 9.17) is 0 Å². The predicted octanol–water partition coefficient (Wildman–Crippen LogP) is 2.80. The number of hydrogen-bond donors (Lipinski definition) is 1. The van der Waals surface area contributed by atoms with Gasteiger partial charge in [0.15, 0.2) is 5.69 Å². The highest BCUT2D eigenvalue weighted by atomic mass is 16.2. The highest BCUT2D eigenvalue weighted by molar-refractivity contribution is 5.91. The number of nitrogens with one attached hydrogen (secondary N) is 1. The summed E-state index contributed by atoms with van der Waals surface area (Å²) in [7, 11) is 0. The van der Waals surface area contributed by atoms with E-state index in [2.05, 4.69) is 36.4 Å². The molecule has 0 radical (unpaired) electrons. The Morgan fingerprint density at radius 3 is 2.35 bits per heavy atom. The van der Waals surface area contributed by atoms with Gasteiger partial charge in [-0.25, -0.2) is 4.68 Å². The molecule has 1 aromatic rings. The van der Waals surface area contributed by atoms with Gasteiger partial charge >= 0.3 is 0 Å². The van der Waals surface area contributed by atoms with Gasteiger partial charge < -0.3 is 10.2 Å². The summed E-state index contributed by atoms with van der Waals surface area (Å²) >= 11 is 0. The van der Waals surface area contributed by atoms with E-state index in [9.17, 15) is 9.59 Å². The minimum absolute atomic E-state index is 0.00974. The molecule has 0 aliphatic heterocycles. The lowest BCUT2D eigenvalue weighted by molar-refractivity contribution is -0.123. The first-order valence-corrected chi connectivity index (χ1v) is 9.74. The fraction of sp³-hybridized carbons (Fsp3) is 0.789. The first-order chi connectivity index (χ1) is 12.2. The van der Waals surface area contributed by atoms with Gasteiger partial charge in [0, 0.05) is 25.6 Å². The van der Waals surface area contributed by atoms with E-state index in [-0.39, 0.29) is 29.3 Å². The smallest absolute Gasteiger partial charge is 0.276 e. The van der Waals surface area contributed by atoms with Gasteiger partial charge in [0.05, 0.1) is 12.2 Å². The van der Waals surface area contributed by atoms with Crippen LogP contribution in [0.15, 0.2) is 6.20 Å². The lowest BCUT2D eigenvalue weighted by atomic mass is 9.89. The van der Waals surface area contributed by atoms with Crippen LogP contribution in [-0.2, 0) is 4.79 Å². The molecule has 1 aliphatic carbocycles. The summed E-state index contributed by atoms with van der Waals surface area (Å²) in [6.07, 6.45) is 6.04. The van der Waals surface area contributed by atoms with Crippen LogP contribution in [0, 0.1) is 5.41 Å². The maximum absolute atomic E-state index is 12.4. The van der Waals surface area contributed by atoms with Gasteiger partial charge in [-0.3, -0.25) is 9.59 Å². The Bertz CT molecular complexity index is 608. The van der Waals surface area contributed by atoms with Crippen LogP contribution < -0.4 is 5.32 Å². The minimum atomic E-state index is -0.0654. The van der Waals surface area contributed by atoms with Crippen LogP contribution in [0.5, 0.6) is 0 Å². The molecule has 1 fully saturated rings. The van der Waals surface area contributed by atoms with Gasteiger partial charge in [0.2, 0.25) is 5.91 Å². The summed E-state index contributed by atoms with van der Waals surface area (Å²) < 4.78 is 1.82. The Hall–Kier alpha value is -1.92. The van der Waals surface area contributed by atoms with E-state index < -0.39 is 0 Å². The first kappa shape index (κ1) is 20.4. The lowest BCUT2D eigenvalue weighted by Crippen LogP contribution is -2.39. The molecular formula is C19H33N5O2. The summed E-state index contributed by atoms with van der Waals surface area (Å²) in [6, 6.07) is 0.484. The summed E-state index contributed by atoms with van der Waals surface area (Å²) in [5.41, 5.74) is 0.421. The Kier molecular flexibility index (Phi) is 6.78. The molecule has 1 N–H and O–H groups in total. The second kappa shape index (κ2) is 8.64. The van der Waals surface area contributed by atoms with E-state index >= 15 is 0 Å². The highest BCUT2D eigenvalue weighted by Gasteiger charge is 2.26. The van der Waals surface area contributed by atoms with E-state index in [0.29, 0.717) is 25.2 Å². The van der Waals surface area contributed by atoms with Gasteiger partial charge in [-0.05, 0) is 44.9 Å². The third-order valence-corrected chi connectivity index (χ3v) is 4.91. The van der Waals surface area contributed by atoms with Crippen molar-refractivity contribution in [2.45, 2.75) is 78.8 Å². The van der Waals surface area contributed by atoms with Crippen molar-refractivity contribution in [3.05, 3.63) is 11.9 Å². The van der Waals surface area contributed by atoms with E-state index in [1.165, 1.54) is 0 Å². The molecular weight excluding hydrogens is 330 g/mol. The minimum Gasteiger partial charge on any atom is -0.353 e. The molecule has 1 aromatic heterocycles. The quantitative estimate of drug-likeness (QED) is 0.843. The predicted molar refractivity (Wildman–Crippen MR) is 101 cm³/mol. The Morgan fingerprint density at radius 2 is 1.81 bits per heavy atom. The number of aromatic nitrogens is 3. The van der Waals surface area contributed by atoms with Crippen LogP contribution in [0.1, 0.15) is 83.3 Å². The zero-order valence-corrected chi connectivity index (χ0v) is 16.8. The SMILES string of the molecule is CCN(CC)C(=O)c1cn(C2CCC(NC(=O)CC(C)(C)C)CC2)nn1. The zero-order chi connectivity index (χ0) is 19.3. The number of hydrogen-bond acceptors (Lipinski definition) is 4. The molecule has 0 atom stereocenters. The standard InChI is InChI=1S/C19H33N5O2/c1-6-23(7-2)18(26)16-13-24(22-21-16)15-10-8-14(9-11-15)20-17(25)12-19(3,4)5/h13-15H,6-12H2,1-5H3,(H,20,25). The molecule has 2 amide bonds. The third kappa shape index (κ3) is 5.54. The van der Waals surface area contributed by atoms with Crippen LogP contribution in [0.4, 0.5) is 0 Å². The molecule has 0 saturated heterocycles. The molecule has 7 nitrogen and oxygen atoms in total. The molecule has 0 unspecified atom stereocenters. The van der Waals surface area contributed by atoms with Gasteiger partial charge in [-0.1, -0.05) is 26.0 Å². The average molecular weight is 364 g/mol. The van der Waals surface area contributed by atoms with Crippen molar-refractivity contribution in [1.29, 1.82) is 0 Å². The Morgan fingerprint density at radius 1 is 1.19 bits per heavy atom. The molecule has 1 aliphatic rings. The maximum atomic E-state index is 12.4. The second-order valence-electron chi connectivity index (χ2n) is 8.37. The molecule has 2 rings (SSSR count). The summed E-state index contributed by atoms with van der Waals surface area (Å²) in [6.45, 7) is 11.5. The first-order valence-electron chi connectivity index (χ1n) is 9.74. The van der Waals surface area contributed by atoms with Gasteiger partial charge in [0.25, 0.3) is 5.91 Å².